The predicted octanol–water partition coefficient (Wildman–Crippen LogP) is 3.06. The Morgan fingerprint density at radius 1 is 1.24 bits per heavy atom. The van der Waals surface area contributed by atoms with Gasteiger partial charge in [-0.2, -0.15) is 0 Å². The number of hydrogen-bond donors (Lipinski definition) is 1. The first kappa shape index (κ1) is 8.87. The third kappa shape index (κ3) is 1.21. The van der Waals surface area contributed by atoms with E-state index in [-0.39, 0.29) is 0 Å². The summed E-state index contributed by atoms with van der Waals surface area (Å²) in [5.74, 6) is 1.56. The molecule has 17 heavy (non-hydrogen) atoms. The van der Waals surface area contributed by atoms with Crippen molar-refractivity contribution in [2.75, 3.05) is 11.9 Å². The van der Waals surface area contributed by atoms with Crippen LogP contribution in [0.4, 0.5) is 5.88 Å². The maximum absolute atomic E-state index is 5.79. The number of nitrogens with one attached hydrogen (secondary N) is 1. The molecule has 0 spiro atoms. The largest absolute Gasteiger partial charge is 0.454 e. The van der Waals surface area contributed by atoms with E-state index in [1.165, 1.54) is 0 Å². The molecule has 1 aliphatic heterocycles. The average molecular weight is 226 g/mol. The summed E-state index contributed by atoms with van der Waals surface area (Å²) in [4.78, 5) is 0. The Morgan fingerprint density at radius 3 is 3.12 bits per heavy atom. The molecule has 84 valence electrons. The summed E-state index contributed by atoms with van der Waals surface area (Å²) >= 11 is 0. The first-order valence-electron chi connectivity index (χ1n) is 5.63. The van der Waals surface area contributed by atoms with Crippen molar-refractivity contribution < 1.29 is 8.94 Å². The molecule has 4 heteroatoms. The molecule has 2 aromatic heterocycles. The van der Waals surface area contributed by atoms with E-state index < -0.39 is 0 Å². The average Bonchev–Trinajstić information content (AvgIpc) is 3.02. The molecule has 0 aliphatic carbocycles. The van der Waals surface area contributed by atoms with Gasteiger partial charge in [-0.15, -0.1) is 0 Å². The summed E-state index contributed by atoms with van der Waals surface area (Å²) in [5, 5.41) is 8.31. The van der Waals surface area contributed by atoms with Gasteiger partial charge in [0, 0.05) is 17.5 Å². The van der Waals surface area contributed by atoms with E-state index in [1.807, 2.05) is 30.3 Å². The molecular weight excluding hydrogens is 216 g/mol. The Bertz CT molecular complexity index is 663. The molecule has 0 atom stereocenters. The van der Waals surface area contributed by atoms with Crippen molar-refractivity contribution in [2.45, 2.75) is 6.42 Å². The van der Waals surface area contributed by atoms with Crippen LogP contribution in [0.2, 0.25) is 0 Å². The Hall–Kier alpha value is -2.23. The number of benzene rings is 1. The lowest BCUT2D eigenvalue weighted by molar-refractivity contribution is 0.434. The quantitative estimate of drug-likeness (QED) is 0.692. The lowest BCUT2D eigenvalue weighted by atomic mass is 10.1. The fraction of sp³-hybridized carbons (Fsp3) is 0.154. The standard InChI is InChI=1S/C13H10N2O2/c1-2-4-10-8(3-1)7-11(16-10)12-9-5-6-14-13(9)17-15-12/h1-4,7,14H,5-6H2. The molecule has 0 amide bonds. The summed E-state index contributed by atoms with van der Waals surface area (Å²) in [6, 6.07) is 9.95. The third-order valence-electron chi connectivity index (χ3n) is 3.11. The van der Waals surface area contributed by atoms with Gasteiger partial charge in [-0.05, 0) is 18.6 Å². The van der Waals surface area contributed by atoms with Crippen molar-refractivity contribution in [2.24, 2.45) is 0 Å². The third-order valence-corrected chi connectivity index (χ3v) is 3.11. The van der Waals surface area contributed by atoms with Crippen LogP contribution >= 0.6 is 0 Å². The lowest BCUT2D eigenvalue weighted by Crippen LogP contribution is -1.92. The fourth-order valence-electron chi connectivity index (χ4n) is 2.27. The number of rotatable bonds is 1. The van der Waals surface area contributed by atoms with Crippen LogP contribution in [0.25, 0.3) is 22.4 Å². The van der Waals surface area contributed by atoms with Gasteiger partial charge in [-0.25, -0.2) is 0 Å². The first-order chi connectivity index (χ1) is 8.42. The van der Waals surface area contributed by atoms with E-state index in [4.69, 9.17) is 8.94 Å². The maximum atomic E-state index is 5.79. The minimum atomic E-state index is 0.778. The predicted molar refractivity (Wildman–Crippen MR) is 63.9 cm³/mol. The van der Waals surface area contributed by atoms with Gasteiger partial charge in [0.2, 0.25) is 5.88 Å². The summed E-state index contributed by atoms with van der Waals surface area (Å²) in [7, 11) is 0. The molecule has 1 aliphatic rings. The molecule has 0 bridgehead atoms. The molecule has 0 radical (unpaired) electrons. The van der Waals surface area contributed by atoms with Gasteiger partial charge in [-0.1, -0.05) is 23.4 Å². The molecule has 0 fully saturated rings. The molecule has 3 aromatic rings. The molecule has 1 N–H and O–H groups in total. The van der Waals surface area contributed by atoms with Gasteiger partial charge in [0.1, 0.15) is 5.58 Å². The summed E-state index contributed by atoms with van der Waals surface area (Å²) in [6.07, 6.45) is 0.936. The summed E-state index contributed by atoms with van der Waals surface area (Å²) in [6.45, 7) is 0.907. The van der Waals surface area contributed by atoms with Gasteiger partial charge in [0.15, 0.2) is 11.5 Å². The topological polar surface area (TPSA) is 51.2 Å². The minimum Gasteiger partial charge on any atom is -0.454 e. The number of para-hydroxylation sites is 1. The minimum absolute atomic E-state index is 0.778. The molecule has 3 heterocycles. The van der Waals surface area contributed by atoms with Crippen LogP contribution in [0.3, 0.4) is 0 Å². The fourth-order valence-corrected chi connectivity index (χ4v) is 2.27. The van der Waals surface area contributed by atoms with Gasteiger partial charge in [0.25, 0.3) is 0 Å². The van der Waals surface area contributed by atoms with E-state index in [0.29, 0.717) is 0 Å². The van der Waals surface area contributed by atoms with Gasteiger partial charge < -0.3 is 14.3 Å². The molecule has 0 saturated heterocycles. The second kappa shape index (κ2) is 3.13. The summed E-state index contributed by atoms with van der Waals surface area (Å²) < 4.78 is 11.0. The van der Waals surface area contributed by atoms with Crippen molar-refractivity contribution in [1.29, 1.82) is 0 Å². The van der Waals surface area contributed by atoms with Gasteiger partial charge >= 0.3 is 0 Å². The van der Waals surface area contributed by atoms with Crippen molar-refractivity contribution in [3.63, 3.8) is 0 Å². The van der Waals surface area contributed by atoms with Crippen molar-refractivity contribution >= 4 is 16.9 Å². The molecule has 4 nitrogen and oxygen atoms in total. The number of aromatic nitrogens is 1. The maximum Gasteiger partial charge on any atom is 0.228 e. The zero-order valence-electron chi connectivity index (χ0n) is 9.06. The molecule has 1 aromatic carbocycles. The van der Waals surface area contributed by atoms with Crippen LogP contribution in [0.1, 0.15) is 5.56 Å². The van der Waals surface area contributed by atoms with E-state index in [2.05, 4.69) is 10.5 Å². The molecule has 0 unspecified atom stereocenters. The van der Waals surface area contributed by atoms with Gasteiger partial charge in [0.05, 0.1) is 0 Å². The highest BCUT2D eigenvalue weighted by atomic mass is 16.5. The second-order valence-electron chi connectivity index (χ2n) is 4.16. The lowest BCUT2D eigenvalue weighted by Gasteiger charge is -1.90. The Kier molecular flexibility index (Phi) is 1.63. The number of furan rings is 1. The number of nitrogens with zero attached hydrogens (tertiary/aromatic N) is 1. The van der Waals surface area contributed by atoms with Crippen molar-refractivity contribution in [1.82, 2.24) is 5.16 Å². The molecule has 4 rings (SSSR count). The SMILES string of the molecule is c1ccc2oc(-c3noc4c3CCN4)cc2c1. The Labute approximate surface area is 97.2 Å². The van der Waals surface area contributed by atoms with E-state index >= 15 is 0 Å². The Balaban J connectivity index is 1.93. The normalized spacial score (nSPS) is 13.9. The van der Waals surface area contributed by atoms with Crippen LogP contribution in [-0.2, 0) is 6.42 Å². The zero-order chi connectivity index (χ0) is 11.2. The number of fused-ring (bicyclic) bond motifs is 2. The summed E-state index contributed by atoms with van der Waals surface area (Å²) in [5.41, 5.74) is 2.82. The van der Waals surface area contributed by atoms with Crippen molar-refractivity contribution in [3.05, 3.63) is 35.9 Å². The van der Waals surface area contributed by atoms with Crippen LogP contribution in [0.5, 0.6) is 0 Å². The highest BCUT2D eigenvalue weighted by Crippen LogP contribution is 2.35. The van der Waals surface area contributed by atoms with Crippen molar-refractivity contribution in [3.8, 4) is 11.5 Å². The molecule has 0 saturated carbocycles. The smallest absolute Gasteiger partial charge is 0.228 e. The first-order valence-corrected chi connectivity index (χ1v) is 5.63. The monoisotopic (exact) mass is 226 g/mol. The highest BCUT2D eigenvalue weighted by molar-refractivity contribution is 5.83. The number of hydrogen-bond acceptors (Lipinski definition) is 4. The van der Waals surface area contributed by atoms with E-state index in [0.717, 1.165) is 46.8 Å². The molecular formula is C13H10N2O2. The van der Waals surface area contributed by atoms with E-state index in [1.54, 1.807) is 0 Å². The van der Waals surface area contributed by atoms with Crippen LogP contribution in [-0.4, -0.2) is 11.7 Å². The number of anilines is 1. The van der Waals surface area contributed by atoms with Gasteiger partial charge in [-0.3, -0.25) is 0 Å². The second-order valence-corrected chi connectivity index (χ2v) is 4.16. The van der Waals surface area contributed by atoms with Crippen LogP contribution in [0, 0.1) is 0 Å². The Morgan fingerprint density at radius 2 is 2.18 bits per heavy atom. The highest BCUT2D eigenvalue weighted by Gasteiger charge is 2.23. The van der Waals surface area contributed by atoms with Crippen LogP contribution < -0.4 is 5.32 Å². The van der Waals surface area contributed by atoms with E-state index in [9.17, 15) is 0 Å². The van der Waals surface area contributed by atoms with Crippen LogP contribution in [0.15, 0.2) is 39.3 Å². The zero-order valence-corrected chi connectivity index (χ0v) is 9.06.